The van der Waals surface area contributed by atoms with Gasteiger partial charge in [0.2, 0.25) is 0 Å². The fraction of sp³-hybridized carbons (Fsp3) is 1.00. The van der Waals surface area contributed by atoms with Crippen molar-refractivity contribution in [3.05, 3.63) is 0 Å². The third-order valence-corrected chi connectivity index (χ3v) is 8.63. The average molecular weight is 230 g/mol. The summed E-state index contributed by atoms with van der Waals surface area (Å²) in [5.41, 5.74) is 2.25. The zero-order valence-electron chi connectivity index (χ0n) is 10.2. The van der Waals surface area contributed by atoms with E-state index in [0.29, 0.717) is 15.8 Å². The molecule has 2 saturated carbocycles. The van der Waals surface area contributed by atoms with Crippen LogP contribution in [-0.4, -0.2) is 38.0 Å². The lowest BCUT2D eigenvalue weighted by Crippen LogP contribution is -2.29. The molecule has 0 N–H and O–H groups in total. The van der Waals surface area contributed by atoms with Gasteiger partial charge in [0, 0.05) is 0 Å². The van der Waals surface area contributed by atoms with Crippen LogP contribution in [0.15, 0.2) is 0 Å². The van der Waals surface area contributed by atoms with Crippen LogP contribution in [-0.2, 0) is 0 Å². The Balaban J connectivity index is 2.22. The van der Waals surface area contributed by atoms with E-state index in [4.69, 9.17) is 0 Å². The van der Waals surface area contributed by atoms with Gasteiger partial charge < -0.3 is 0 Å². The van der Waals surface area contributed by atoms with Crippen molar-refractivity contribution in [3.63, 3.8) is 0 Å². The zero-order chi connectivity index (χ0) is 10.5. The SMILES string of the molecule is CC1C2CCC1C(P(C)C)C2P(C)C. The Bertz CT molecular complexity index is 190. The van der Waals surface area contributed by atoms with Crippen molar-refractivity contribution >= 4 is 15.8 Å². The molecule has 14 heavy (non-hydrogen) atoms. The second-order valence-corrected chi connectivity index (χ2v) is 10.7. The molecule has 0 spiro atoms. The minimum atomic E-state index is 0.302. The van der Waals surface area contributed by atoms with Crippen molar-refractivity contribution in [2.24, 2.45) is 17.8 Å². The summed E-state index contributed by atoms with van der Waals surface area (Å²) in [6.45, 7) is 12.6. The first-order chi connectivity index (χ1) is 6.54. The van der Waals surface area contributed by atoms with Gasteiger partial charge in [-0.1, -0.05) is 6.92 Å². The summed E-state index contributed by atoms with van der Waals surface area (Å²) in [4.78, 5) is 0. The fourth-order valence-corrected chi connectivity index (χ4v) is 9.71. The summed E-state index contributed by atoms with van der Waals surface area (Å²) in [6, 6.07) is 0. The van der Waals surface area contributed by atoms with E-state index in [2.05, 4.69) is 33.6 Å². The second kappa shape index (κ2) is 4.03. The van der Waals surface area contributed by atoms with Gasteiger partial charge in [-0.25, -0.2) is 0 Å². The van der Waals surface area contributed by atoms with Crippen molar-refractivity contribution in [2.75, 3.05) is 26.7 Å². The molecule has 0 aromatic carbocycles. The molecule has 0 saturated heterocycles. The molecule has 0 heterocycles. The highest BCUT2D eigenvalue weighted by atomic mass is 31.1. The lowest BCUT2D eigenvalue weighted by atomic mass is 9.99. The van der Waals surface area contributed by atoms with E-state index < -0.39 is 0 Å². The van der Waals surface area contributed by atoms with E-state index in [1.54, 1.807) is 12.8 Å². The van der Waals surface area contributed by atoms with Gasteiger partial charge in [-0.3, -0.25) is 0 Å². The minimum absolute atomic E-state index is 0.302. The lowest BCUT2D eigenvalue weighted by molar-refractivity contribution is 0.449. The third-order valence-electron chi connectivity index (χ3n) is 4.60. The second-order valence-electron chi connectivity index (χ2n) is 5.67. The van der Waals surface area contributed by atoms with Gasteiger partial charge in [-0.15, -0.1) is 15.8 Å². The molecule has 4 unspecified atom stereocenters. The molecule has 2 heteroatoms. The topological polar surface area (TPSA) is 0 Å². The van der Waals surface area contributed by atoms with Gasteiger partial charge in [0.15, 0.2) is 0 Å². The standard InChI is InChI=1S/C12H24P2/c1-8-9-6-7-10(8)12(14(4)5)11(9)13(2)3/h8-12H,6-7H2,1-5H3. The van der Waals surface area contributed by atoms with Gasteiger partial charge in [-0.05, 0) is 68.6 Å². The summed E-state index contributed by atoms with van der Waals surface area (Å²) in [6.07, 6.45) is 3.10. The summed E-state index contributed by atoms with van der Waals surface area (Å²) in [7, 11) is 0.603. The molecule has 0 nitrogen and oxygen atoms in total. The molecule has 2 aliphatic rings. The van der Waals surface area contributed by atoms with Crippen molar-refractivity contribution in [1.82, 2.24) is 0 Å². The van der Waals surface area contributed by atoms with E-state index in [1.165, 1.54) is 0 Å². The normalized spacial score (nSPS) is 46.9. The smallest absolute Gasteiger partial charge is 0.0113 e. The number of hydrogen-bond donors (Lipinski definition) is 0. The molecular formula is C12H24P2. The predicted octanol–water partition coefficient (Wildman–Crippen LogP) is 3.88. The Labute approximate surface area is 91.7 Å². The van der Waals surface area contributed by atoms with Crippen molar-refractivity contribution in [3.8, 4) is 0 Å². The number of hydrogen-bond acceptors (Lipinski definition) is 0. The Morgan fingerprint density at radius 1 is 0.786 bits per heavy atom. The van der Waals surface area contributed by atoms with Crippen LogP contribution < -0.4 is 0 Å². The zero-order valence-corrected chi connectivity index (χ0v) is 12.0. The largest absolute Gasteiger partial charge is 0.109 e. The molecule has 2 rings (SSSR count). The van der Waals surface area contributed by atoms with E-state index in [0.717, 1.165) is 29.1 Å². The minimum Gasteiger partial charge on any atom is -0.109 e. The Hall–Kier alpha value is 0.860. The quantitative estimate of drug-likeness (QED) is 0.631. The van der Waals surface area contributed by atoms with E-state index in [1.807, 2.05) is 0 Å². The van der Waals surface area contributed by atoms with E-state index in [9.17, 15) is 0 Å². The Kier molecular flexibility index (Phi) is 3.26. The molecule has 2 bridgehead atoms. The van der Waals surface area contributed by atoms with Gasteiger partial charge in [0.25, 0.3) is 0 Å². The van der Waals surface area contributed by atoms with Crippen LogP contribution in [0.3, 0.4) is 0 Å². The van der Waals surface area contributed by atoms with E-state index in [-0.39, 0.29) is 0 Å². The summed E-state index contributed by atoms with van der Waals surface area (Å²) in [5.74, 6) is 3.27. The van der Waals surface area contributed by atoms with Gasteiger partial charge >= 0.3 is 0 Å². The lowest BCUT2D eigenvalue weighted by Gasteiger charge is -2.36. The highest BCUT2D eigenvalue weighted by molar-refractivity contribution is 7.61. The van der Waals surface area contributed by atoms with Gasteiger partial charge in [-0.2, -0.15) is 0 Å². The van der Waals surface area contributed by atoms with Crippen molar-refractivity contribution in [1.29, 1.82) is 0 Å². The van der Waals surface area contributed by atoms with Crippen LogP contribution in [0.4, 0.5) is 0 Å². The van der Waals surface area contributed by atoms with Crippen molar-refractivity contribution in [2.45, 2.75) is 31.1 Å². The summed E-state index contributed by atoms with van der Waals surface area (Å²) in [5, 5.41) is 0. The number of rotatable bonds is 2. The van der Waals surface area contributed by atoms with Gasteiger partial charge in [0.05, 0.1) is 0 Å². The Morgan fingerprint density at radius 3 is 1.43 bits per heavy atom. The molecular weight excluding hydrogens is 206 g/mol. The molecule has 2 aliphatic carbocycles. The molecule has 0 aromatic rings. The molecule has 0 amide bonds. The highest BCUT2D eigenvalue weighted by Gasteiger charge is 2.53. The predicted molar refractivity (Wildman–Crippen MR) is 70.5 cm³/mol. The molecule has 0 radical (unpaired) electrons. The molecule has 0 aromatic heterocycles. The Morgan fingerprint density at radius 2 is 1.14 bits per heavy atom. The maximum absolute atomic E-state index is 2.53. The van der Waals surface area contributed by atoms with Gasteiger partial charge in [0.1, 0.15) is 0 Å². The highest BCUT2D eigenvalue weighted by Crippen LogP contribution is 2.65. The van der Waals surface area contributed by atoms with Crippen LogP contribution in [0.2, 0.25) is 0 Å². The van der Waals surface area contributed by atoms with Crippen LogP contribution >= 0.6 is 15.8 Å². The first kappa shape index (κ1) is 11.3. The summed E-state index contributed by atoms with van der Waals surface area (Å²) < 4.78 is 0. The van der Waals surface area contributed by atoms with Crippen LogP contribution in [0.1, 0.15) is 19.8 Å². The van der Waals surface area contributed by atoms with E-state index >= 15 is 0 Å². The van der Waals surface area contributed by atoms with Crippen molar-refractivity contribution < 1.29 is 0 Å². The molecule has 82 valence electrons. The first-order valence-electron chi connectivity index (χ1n) is 5.87. The maximum Gasteiger partial charge on any atom is -0.0113 e. The average Bonchev–Trinajstić information content (AvgIpc) is 2.58. The number of fused-ring (bicyclic) bond motifs is 2. The maximum atomic E-state index is 2.53. The monoisotopic (exact) mass is 230 g/mol. The van der Waals surface area contributed by atoms with Crippen LogP contribution in [0, 0.1) is 17.8 Å². The molecule has 0 aliphatic heterocycles. The first-order valence-corrected chi connectivity index (χ1v) is 10.5. The third kappa shape index (κ3) is 1.58. The fourth-order valence-electron chi connectivity index (χ4n) is 4.08. The van der Waals surface area contributed by atoms with Crippen LogP contribution in [0.25, 0.3) is 0 Å². The molecule has 2 fully saturated rings. The van der Waals surface area contributed by atoms with Crippen LogP contribution in [0.5, 0.6) is 0 Å². The summed E-state index contributed by atoms with van der Waals surface area (Å²) >= 11 is 0. The molecule has 4 atom stereocenters.